The van der Waals surface area contributed by atoms with E-state index in [9.17, 15) is 4.79 Å². The van der Waals surface area contributed by atoms with Crippen molar-refractivity contribution in [2.24, 2.45) is 5.14 Å². The van der Waals surface area contributed by atoms with Gasteiger partial charge in [0.1, 0.15) is 5.82 Å². The zero-order valence-corrected chi connectivity index (χ0v) is 18.3. The van der Waals surface area contributed by atoms with Gasteiger partial charge >= 0.3 is 0 Å². The quantitative estimate of drug-likeness (QED) is 0.342. The molecule has 0 amide bonds. The number of nitrogens with two attached hydrogens (primary N) is 1. The fourth-order valence-corrected chi connectivity index (χ4v) is 4.52. The number of nitrogens with zero attached hydrogens (tertiary/aromatic N) is 2. The van der Waals surface area contributed by atoms with Crippen LogP contribution >= 0.6 is 11.9 Å². The van der Waals surface area contributed by atoms with Crippen LogP contribution in [0.4, 0.5) is 11.5 Å². The molecule has 0 unspecified atom stereocenters. The minimum atomic E-state index is -0.181. The molecule has 0 bridgehead atoms. The van der Waals surface area contributed by atoms with Crippen LogP contribution in [0, 0.1) is 0 Å². The summed E-state index contributed by atoms with van der Waals surface area (Å²) in [5.41, 5.74) is 3.62. The van der Waals surface area contributed by atoms with Crippen molar-refractivity contribution in [2.45, 2.75) is 23.7 Å². The monoisotopic (exact) mass is 444 g/mol. The number of fused-ring (bicyclic) bond motifs is 1. The first-order chi connectivity index (χ1) is 15.7. The van der Waals surface area contributed by atoms with Crippen LogP contribution in [0.15, 0.2) is 70.7 Å². The number of hydrogen-bond donors (Lipinski definition) is 4. The number of aromatic amines is 1. The third-order valence-corrected chi connectivity index (χ3v) is 6.38. The predicted octanol–water partition coefficient (Wildman–Crippen LogP) is 4.16. The van der Waals surface area contributed by atoms with Crippen LogP contribution < -0.4 is 21.3 Å². The van der Waals surface area contributed by atoms with E-state index in [4.69, 9.17) is 10.1 Å². The Kier molecular flexibility index (Phi) is 5.89. The van der Waals surface area contributed by atoms with E-state index in [1.165, 1.54) is 5.56 Å². The van der Waals surface area contributed by atoms with Gasteiger partial charge in [-0.3, -0.25) is 14.9 Å². The zero-order chi connectivity index (χ0) is 21.9. The van der Waals surface area contributed by atoms with E-state index in [0.29, 0.717) is 17.1 Å². The molecule has 5 rings (SSSR count). The van der Waals surface area contributed by atoms with E-state index >= 15 is 0 Å². The van der Waals surface area contributed by atoms with Gasteiger partial charge < -0.3 is 15.6 Å². The molecule has 32 heavy (non-hydrogen) atoms. The number of nitrogens with one attached hydrogen (secondary N) is 3. The highest BCUT2D eigenvalue weighted by atomic mass is 32.2. The lowest BCUT2D eigenvalue weighted by molar-refractivity contribution is 0.460. The van der Waals surface area contributed by atoms with E-state index in [1.807, 2.05) is 18.2 Å². The predicted molar refractivity (Wildman–Crippen MR) is 130 cm³/mol. The number of rotatable bonds is 5. The van der Waals surface area contributed by atoms with E-state index in [2.05, 4.69) is 44.9 Å². The molecule has 0 atom stereocenters. The van der Waals surface area contributed by atoms with Gasteiger partial charge in [-0.25, -0.2) is 4.98 Å². The smallest absolute Gasteiger partial charge is 0.259 e. The molecule has 0 radical (unpaired) electrons. The second-order valence-corrected chi connectivity index (χ2v) is 8.63. The molecule has 0 aliphatic carbocycles. The Bertz CT molecular complexity index is 1300. The van der Waals surface area contributed by atoms with Gasteiger partial charge in [0, 0.05) is 34.7 Å². The first kappa shape index (κ1) is 20.7. The van der Waals surface area contributed by atoms with E-state index in [-0.39, 0.29) is 5.56 Å². The highest BCUT2D eigenvalue weighted by Gasteiger charge is 2.16. The summed E-state index contributed by atoms with van der Waals surface area (Å²) >= 11 is 1.14. The van der Waals surface area contributed by atoms with E-state index < -0.39 is 0 Å². The maximum atomic E-state index is 12.6. The number of aromatic nitrogens is 3. The molecule has 7 nitrogen and oxygen atoms in total. The molecule has 4 heterocycles. The Labute approximate surface area is 190 Å². The third-order valence-electron chi connectivity index (χ3n) is 5.88. The van der Waals surface area contributed by atoms with Gasteiger partial charge in [0.05, 0.1) is 11.1 Å². The molecule has 8 heteroatoms. The first-order valence-corrected chi connectivity index (χ1v) is 11.5. The van der Waals surface area contributed by atoms with Crippen LogP contribution in [-0.4, -0.2) is 28.0 Å². The second-order valence-electron chi connectivity index (χ2n) is 7.93. The van der Waals surface area contributed by atoms with Crippen LogP contribution in [0.3, 0.4) is 0 Å². The summed E-state index contributed by atoms with van der Waals surface area (Å²) < 4.78 is 0. The van der Waals surface area contributed by atoms with Gasteiger partial charge in [-0.2, -0.15) is 0 Å². The topological polar surface area (TPSA) is 109 Å². The molecule has 0 saturated carbocycles. The third kappa shape index (κ3) is 4.25. The fourth-order valence-electron chi connectivity index (χ4n) is 4.21. The minimum absolute atomic E-state index is 0.181. The molecule has 4 aromatic rings. The van der Waals surface area contributed by atoms with Crippen LogP contribution in [0.25, 0.3) is 22.0 Å². The number of pyridine rings is 3. The second kappa shape index (κ2) is 9.12. The normalized spacial score (nSPS) is 14.5. The summed E-state index contributed by atoms with van der Waals surface area (Å²) in [6.07, 6.45) is 7.42. The highest BCUT2D eigenvalue weighted by Crippen LogP contribution is 2.30. The largest absolute Gasteiger partial charge is 0.340 e. The Hall–Kier alpha value is -3.20. The van der Waals surface area contributed by atoms with Crippen LogP contribution in [0.1, 0.15) is 24.3 Å². The molecular formula is C24H24N6OS. The maximum Gasteiger partial charge on any atom is 0.259 e. The lowest BCUT2D eigenvalue weighted by Crippen LogP contribution is -2.26. The van der Waals surface area contributed by atoms with Crippen LogP contribution in [0.2, 0.25) is 0 Å². The molecule has 1 fully saturated rings. The van der Waals surface area contributed by atoms with Crippen molar-refractivity contribution in [2.75, 3.05) is 18.4 Å². The van der Waals surface area contributed by atoms with Crippen molar-refractivity contribution >= 4 is 34.2 Å². The van der Waals surface area contributed by atoms with Crippen molar-refractivity contribution < 1.29 is 0 Å². The van der Waals surface area contributed by atoms with Crippen molar-refractivity contribution in [3.8, 4) is 11.3 Å². The van der Waals surface area contributed by atoms with Crippen molar-refractivity contribution in [1.82, 2.24) is 20.3 Å². The molecule has 1 saturated heterocycles. The summed E-state index contributed by atoms with van der Waals surface area (Å²) in [6.45, 7) is 2.13. The number of hydrogen-bond acceptors (Lipinski definition) is 7. The Morgan fingerprint density at radius 3 is 2.66 bits per heavy atom. The van der Waals surface area contributed by atoms with Gasteiger partial charge in [0.2, 0.25) is 0 Å². The zero-order valence-electron chi connectivity index (χ0n) is 17.5. The highest BCUT2D eigenvalue weighted by molar-refractivity contribution is 7.97. The first-order valence-electron chi connectivity index (χ1n) is 10.6. The summed E-state index contributed by atoms with van der Waals surface area (Å²) in [4.78, 5) is 25.3. The SMILES string of the molecule is NSc1cncc(-c2cc3cc[nH]c(=O)c3c(Nc3ccc(C4CCNCC4)cc3)n2)c1. The standard InChI is InChI=1S/C24H24N6OS/c25-32-20-11-18(13-27-14-20)21-12-17-7-10-28-24(31)22(17)23(30-21)29-19-3-1-15(2-4-19)16-5-8-26-9-6-16/h1-4,7,10-14,16,26H,5-6,8-9,25H2,(H,28,31)(H,29,30). The fraction of sp³-hybridized carbons (Fsp3) is 0.208. The van der Waals surface area contributed by atoms with Crippen LogP contribution in [-0.2, 0) is 0 Å². The summed E-state index contributed by atoms with van der Waals surface area (Å²) in [6, 6.07) is 14.2. The summed E-state index contributed by atoms with van der Waals surface area (Å²) in [5.74, 6) is 1.11. The Morgan fingerprint density at radius 1 is 1.06 bits per heavy atom. The number of benzene rings is 1. The molecule has 0 spiro atoms. The van der Waals surface area contributed by atoms with Crippen molar-refractivity contribution in [3.63, 3.8) is 0 Å². The molecule has 162 valence electrons. The lowest BCUT2D eigenvalue weighted by atomic mass is 9.90. The van der Waals surface area contributed by atoms with Gasteiger partial charge in [0.25, 0.3) is 5.56 Å². The van der Waals surface area contributed by atoms with Crippen molar-refractivity contribution in [1.29, 1.82) is 0 Å². The van der Waals surface area contributed by atoms with Gasteiger partial charge in [0.15, 0.2) is 0 Å². The maximum absolute atomic E-state index is 12.6. The Morgan fingerprint density at radius 2 is 1.88 bits per heavy atom. The number of anilines is 2. The Balaban J connectivity index is 1.53. The van der Waals surface area contributed by atoms with Crippen LogP contribution in [0.5, 0.6) is 0 Å². The van der Waals surface area contributed by atoms with Gasteiger partial charge in [-0.05, 0) is 85.1 Å². The molecular weight excluding hydrogens is 420 g/mol. The summed E-state index contributed by atoms with van der Waals surface area (Å²) in [7, 11) is 0. The van der Waals surface area contributed by atoms with E-state index in [1.54, 1.807) is 18.6 Å². The minimum Gasteiger partial charge on any atom is -0.340 e. The summed E-state index contributed by atoms with van der Waals surface area (Å²) in [5, 5.41) is 13.8. The lowest BCUT2D eigenvalue weighted by Gasteiger charge is -2.23. The average Bonchev–Trinajstić information content (AvgIpc) is 2.85. The molecule has 1 aliphatic heterocycles. The number of H-pyrrole nitrogens is 1. The average molecular weight is 445 g/mol. The van der Waals surface area contributed by atoms with E-state index in [0.717, 1.165) is 65.1 Å². The molecule has 1 aliphatic rings. The molecule has 3 aromatic heterocycles. The number of piperidine rings is 1. The van der Waals surface area contributed by atoms with Gasteiger partial charge in [-0.15, -0.1) is 0 Å². The van der Waals surface area contributed by atoms with Crippen molar-refractivity contribution in [3.05, 3.63) is 77.0 Å². The van der Waals surface area contributed by atoms with Gasteiger partial charge in [-0.1, -0.05) is 12.1 Å². The molecule has 1 aromatic carbocycles. The molecule has 5 N–H and O–H groups in total.